The maximum absolute atomic E-state index is 11.8. The molecule has 0 saturated heterocycles. The first-order chi connectivity index (χ1) is 8.08. The zero-order valence-corrected chi connectivity index (χ0v) is 10.6. The summed E-state index contributed by atoms with van der Waals surface area (Å²) in [4.78, 5) is 0. The third-order valence-corrected chi connectivity index (χ3v) is 5.02. The second-order valence-electron chi connectivity index (χ2n) is 3.43. The third kappa shape index (κ3) is 3.09. The minimum Gasteiger partial charge on any atom is -0.469 e. The molecule has 0 fully saturated rings. The summed E-state index contributed by atoms with van der Waals surface area (Å²) >= 11 is 1.11. The number of anilines is 1. The van der Waals surface area contributed by atoms with E-state index in [1.807, 2.05) is 0 Å². The molecule has 0 amide bonds. The maximum Gasteiger partial charge on any atom is 0.250 e. The first kappa shape index (κ1) is 12.2. The molecule has 0 aliphatic heterocycles. The normalized spacial score (nSPS) is 11.8. The van der Waals surface area contributed by atoms with Gasteiger partial charge in [0, 0.05) is 24.0 Å². The van der Waals surface area contributed by atoms with E-state index in [2.05, 4.69) is 4.72 Å². The Balaban J connectivity index is 1.94. The van der Waals surface area contributed by atoms with Crippen LogP contribution in [0.15, 0.2) is 38.5 Å². The molecule has 0 radical (unpaired) electrons. The molecule has 0 aliphatic carbocycles. The van der Waals surface area contributed by atoms with Crippen molar-refractivity contribution in [1.29, 1.82) is 0 Å². The standard InChI is InChI=1S/C10H12N2O3S2/c11-8-6-10(16-7-8)17(13,14)12-4-3-9-2-1-5-15-9/h1-2,5-7,12H,3-4,11H2. The van der Waals surface area contributed by atoms with E-state index in [0.717, 1.165) is 17.1 Å². The number of sulfonamides is 1. The third-order valence-electron chi connectivity index (χ3n) is 2.10. The maximum atomic E-state index is 11.8. The van der Waals surface area contributed by atoms with Gasteiger partial charge in [-0.25, -0.2) is 13.1 Å². The molecule has 0 unspecified atom stereocenters. The van der Waals surface area contributed by atoms with E-state index < -0.39 is 10.0 Å². The van der Waals surface area contributed by atoms with Crippen molar-refractivity contribution >= 4 is 27.0 Å². The highest BCUT2D eigenvalue weighted by atomic mass is 32.2. The molecule has 92 valence electrons. The lowest BCUT2D eigenvalue weighted by molar-refractivity contribution is 0.506. The summed E-state index contributed by atoms with van der Waals surface area (Å²) < 4.78 is 31.4. The van der Waals surface area contributed by atoms with E-state index in [1.54, 1.807) is 23.8 Å². The Morgan fingerprint density at radius 1 is 1.47 bits per heavy atom. The Bertz CT molecular complexity index is 572. The summed E-state index contributed by atoms with van der Waals surface area (Å²) in [5, 5.41) is 1.60. The molecule has 2 heterocycles. The van der Waals surface area contributed by atoms with Crippen LogP contribution < -0.4 is 10.5 Å². The smallest absolute Gasteiger partial charge is 0.250 e. The molecule has 0 spiro atoms. The van der Waals surface area contributed by atoms with Crippen LogP contribution in [0.1, 0.15) is 5.76 Å². The fraction of sp³-hybridized carbons (Fsp3) is 0.200. The molecule has 5 nitrogen and oxygen atoms in total. The number of thiophene rings is 1. The second-order valence-corrected chi connectivity index (χ2v) is 6.33. The van der Waals surface area contributed by atoms with Gasteiger partial charge in [-0.15, -0.1) is 11.3 Å². The molecule has 0 bridgehead atoms. The lowest BCUT2D eigenvalue weighted by atomic mass is 10.3. The fourth-order valence-electron chi connectivity index (χ4n) is 1.31. The molecule has 0 aliphatic rings. The van der Waals surface area contributed by atoms with Crippen molar-refractivity contribution in [2.45, 2.75) is 10.6 Å². The van der Waals surface area contributed by atoms with Gasteiger partial charge in [-0.3, -0.25) is 0 Å². The first-order valence-electron chi connectivity index (χ1n) is 4.94. The van der Waals surface area contributed by atoms with Crippen molar-refractivity contribution in [1.82, 2.24) is 4.72 Å². The number of nitrogen functional groups attached to an aromatic ring is 1. The van der Waals surface area contributed by atoms with Crippen LogP contribution in [0.4, 0.5) is 5.69 Å². The molecular weight excluding hydrogens is 260 g/mol. The lowest BCUT2D eigenvalue weighted by Gasteiger charge is -2.02. The number of hydrogen-bond acceptors (Lipinski definition) is 5. The predicted molar refractivity (Wildman–Crippen MR) is 66.3 cm³/mol. The van der Waals surface area contributed by atoms with Crippen LogP contribution in [0.2, 0.25) is 0 Å². The Morgan fingerprint density at radius 3 is 2.88 bits per heavy atom. The molecule has 2 rings (SSSR count). The first-order valence-corrected chi connectivity index (χ1v) is 7.30. The van der Waals surface area contributed by atoms with Crippen LogP contribution in [0.5, 0.6) is 0 Å². The number of nitrogens with two attached hydrogens (primary N) is 1. The molecule has 2 aromatic rings. The van der Waals surface area contributed by atoms with Gasteiger partial charge in [0.15, 0.2) is 0 Å². The van der Waals surface area contributed by atoms with Crippen molar-refractivity contribution in [2.75, 3.05) is 12.3 Å². The van der Waals surface area contributed by atoms with Crippen molar-refractivity contribution in [3.05, 3.63) is 35.6 Å². The SMILES string of the molecule is Nc1csc(S(=O)(=O)NCCc2ccco2)c1. The highest BCUT2D eigenvalue weighted by Crippen LogP contribution is 2.21. The summed E-state index contributed by atoms with van der Waals surface area (Å²) in [6, 6.07) is 5.02. The number of hydrogen-bond donors (Lipinski definition) is 2. The summed E-state index contributed by atoms with van der Waals surface area (Å²) in [6.45, 7) is 0.299. The topological polar surface area (TPSA) is 85.3 Å². The van der Waals surface area contributed by atoms with E-state index >= 15 is 0 Å². The molecule has 2 aromatic heterocycles. The van der Waals surface area contributed by atoms with Crippen LogP contribution in [-0.2, 0) is 16.4 Å². The molecule has 0 aromatic carbocycles. The predicted octanol–water partition coefficient (Wildman–Crippen LogP) is 1.44. The van der Waals surface area contributed by atoms with E-state index in [4.69, 9.17) is 10.2 Å². The van der Waals surface area contributed by atoms with E-state index in [-0.39, 0.29) is 4.21 Å². The van der Waals surface area contributed by atoms with Crippen molar-refractivity contribution in [2.24, 2.45) is 0 Å². The quantitative estimate of drug-likeness (QED) is 0.862. The summed E-state index contributed by atoms with van der Waals surface area (Å²) in [7, 11) is -3.45. The highest BCUT2D eigenvalue weighted by Gasteiger charge is 2.15. The number of nitrogens with one attached hydrogen (secondary N) is 1. The zero-order chi connectivity index (χ0) is 12.3. The van der Waals surface area contributed by atoms with E-state index in [1.165, 1.54) is 6.07 Å². The highest BCUT2D eigenvalue weighted by molar-refractivity contribution is 7.91. The minimum atomic E-state index is -3.45. The van der Waals surface area contributed by atoms with Gasteiger partial charge in [0.25, 0.3) is 0 Å². The fourth-order valence-corrected chi connectivity index (χ4v) is 3.46. The Kier molecular flexibility index (Phi) is 3.51. The van der Waals surface area contributed by atoms with E-state index in [0.29, 0.717) is 18.7 Å². The average Bonchev–Trinajstić information content (AvgIpc) is 2.89. The van der Waals surface area contributed by atoms with Gasteiger partial charge in [0.05, 0.1) is 6.26 Å². The van der Waals surface area contributed by atoms with E-state index in [9.17, 15) is 8.42 Å². The molecule has 3 N–H and O–H groups in total. The number of rotatable bonds is 5. The van der Waals surface area contributed by atoms with Crippen LogP contribution in [0.3, 0.4) is 0 Å². The van der Waals surface area contributed by atoms with Crippen molar-refractivity contribution < 1.29 is 12.8 Å². The van der Waals surface area contributed by atoms with Gasteiger partial charge in [0.1, 0.15) is 9.97 Å². The second kappa shape index (κ2) is 4.91. The van der Waals surface area contributed by atoms with Crippen LogP contribution >= 0.6 is 11.3 Å². The average molecular weight is 272 g/mol. The van der Waals surface area contributed by atoms with Gasteiger partial charge in [0.2, 0.25) is 10.0 Å². The van der Waals surface area contributed by atoms with Gasteiger partial charge >= 0.3 is 0 Å². The molecule has 7 heteroatoms. The summed E-state index contributed by atoms with van der Waals surface area (Å²) in [5.74, 6) is 0.749. The summed E-state index contributed by atoms with van der Waals surface area (Å²) in [5.41, 5.74) is 5.94. The van der Waals surface area contributed by atoms with Gasteiger partial charge in [-0.05, 0) is 18.2 Å². The van der Waals surface area contributed by atoms with Gasteiger partial charge in [-0.1, -0.05) is 0 Å². The largest absolute Gasteiger partial charge is 0.469 e. The van der Waals surface area contributed by atoms with Crippen molar-refractivity contribution in [3.63, 3.8) is 0 Å². The van der Waals surface area contributed by atoms with Crippen LogP contribution in [0.25, 0.3) is 0 Å². The molecule has 17 heavy (non-hydrogen) atoms. The zero-order valence-electron chi connectivity index (χ0n) is 8.92. The minimum absolute atomic E-state index is 0.231. The van der Waals surface area contributed by atoms with Gasteiger partial charge in [-0.2, -0.15) is 0 Å². The Hall–Kier alpha value is -1.31. The molecular formula is C10H12N2O3S2. The van der Waals surface area contributed by atoms with Crippen molar-refractivity contribution in [3.8, 4) is 0 Å². The molecule has 0 saturated carbocycles. The van der Waals surface area contributed by atoms with Gasteiger partial charge < -0.3 is 10.2 Å². The Morgan fingerprint density at radius 2 is 2.29 bits per heavy atom. The van der Waals surface area contributed by atoms with Crippen LogP contribution in [-0.4, -0.2) is 15.0 Å². The Labute approximate surface area is 103 Å². The summed E-state index contributed by atoms with van der Waals surface area (Å²) in [6.07, 6.45) is 2.08. The van der Waals surface area contributed by atoms with Crippen LogP contribution in [0, 0.1) is 0 Å². The number of furan rings is 1. The lowest BCUT2D eigenvalue weighted by Crippen LogP contribution is -2.25. The molecule has 0 atom stereocenters. The monoisotopic (exact) mass is 272 g/mol.